The van der Waals surface area contributed by atoms with Gasteiger partial charge in [-0.2, -0.15) is 0 Å². The number of amides is 2. The van der Waals surface area contributed by atoms with Gasteiger partial charge in [0.15, 0.2) is 0 Å². The van der Waals surface area contributed by atoms with Gasteiger partial charge in [-0.15, -0.1) is 0 Å². The zero-order valence-electron chi connectivity index (χ0n) is 15.6. The van der Waals surface area contributed by atoms with Gasteiger partial charge in [0.1, 0.15) is 0 Å². The molecule has 0 N–H and O–H groups in total. The number of urea groups is 1. The highest BCUT2D eigenvalue weighted by atomic mass is 16.2. The lowest BCUT2D eigenvalue weighted by atomic mass is 9.74. The number of carbonyl (C=O) groups excluding carboxylic acids is 1. The Kier molecular flexibility index (Phi) is 4.05. The first kappa shape index (κ1) is 16.8. The average Bonchev–Trinajstić information content (AvgIpc) is 2.96. The van der Waals surface area contributed by atoms with Crippen LogP contribution in [0.5, 0.6) is 0 Å². The van der Waals surface area contributed by atoms with Gasteiger partial charge in [-0.3, -0.25) is 4.90 Å². The highest BCUT2D eigenvalue weighted by Gasteiger charge is 2.46. The summed E-state index contributed by atoms with van der Waals surface area (Å²) in [6, 6.07) is 8.37. The summed E-state index contributed by atoms with van der Waals surface area (Å²) >= 11 is 0. The molecule has 2 aliphatic heterocycles. The summed E-state index contributed by atoms with van der Waals surface area (Å²) in [4.78, 5) is 27.4. The van der Waals surface area contributed by atoms with Gasteiger partial charge in [0.25, 0.3) is 0 Å². The minimum Gasteiger partial charge on any atom is -0.341 e. The molecule has 6 heteroatoms. The van der Waals surface area contributed by atoms with Crippen molar-refractivity contribution >= 4 is 17.7 Å². The lowest BCUT2D eigenvalue weighted by Crippen LogP contribution is -2.48. The minimum absolute atomic E-state index is 0.0261. The van der Waals surface area contributed by atoms with E-state index in [0.29, 0.717) is 0 Å². The third kappa shape index (κ3) is 2.69. The van der Waals surface area contributed by atoms with E-state index in [1.807, 2.05) is 25.1 Å². The molecule has 2 aliphatic rings. The molecule has 0 atom stereocenters. The third-order valence-corrected chi connectivity index (χ3v) is 5.64. The fourth-order valence-electron chi connectivity index (χ4n) is 4.21. The monoisotopic (exact) mass is 351 g/mol. The van der Waals surface area contributed by atoms with Crippen LogP contribution in [0, 0.1) is 6.92 Å². The van der Waals surface area contributed by atoms with Crippen molar-refractivity contribution in [2.24, 2.45) is 0 Å². The van der Waals surface area contributed by atoms with Crippen LogP contribution in [-0.2, 0) is 5.41 Å². The summed E-state index contributed by atoms with van der Waals surface area (Å²) in [5.41, 5.74) is 3.66. The van der Waals surface area contributed by atoms with Gasteiger partial charge >= 0.3 is 6.03 Å². The number of aromatic nitrogens is 2. The molecule has 136 valence electrons. The second kappa shape index (κ2) is 6.27. The van der Waals surface area contributed by atoms with E-state index in [-0.39, 0.29) is 11.4 Å². The molecule has 1 saturated heterocycles. The van der Waals surface area contributed by atoms with Crippen molar-refractivity contribution in [3.8, 4) is 0 Å². The van der Waals surface area contributed by atoms with E-state index in [9.17, 15) is 4.79 Å². The van der Waals surface area contributed by atoms with Crippen LogP contribution in [-0.4, -0.2) is 54.6 Å². The quantitative estimate of drug-likeness (QED) is 0.793. The first-order valence-electron chi connectivity index (χ1n) is 9.12. The zero-order valence-corrected chi connectivity index (χ0v) is 15.6. The summed E-state index contributed by atoms with van der Waals surface area (Å²) in [6.45, 7) is 4.69. The molecule has 1 spiro atoms. The molecule has 6 nitrogen and oxygen atoms in total. The van der Waals surface area contributed by atoms with Gasteiger partial charge in [-0.1, -0.05) is 17.7 Å². The number of hydrogen-bond acceptors (Lipinski definition) is 4. The summed E-state index contributed by atoms with van der Waals surface area (Å²) in [6.07, 6.45) is 5.58. The summed E-state index contributed by atoms with van der Waals surface area (Å²) < 4.78 is 0. The van der Waals surface area contributed by atoms with Crippen LogP contribution in [0.1, 0.15) is 24.0 Å². The average molecular weight is 351 g/mol. The topological polar surface area (TPSA) is 52.6 Å². The highest BCUT2D eigenvalue weighted by Crippen LogP contribution is 2.47. The second-order valence-electron chi connectivity index (χ2n) is 7.60. The molecule has 0 aliphatic carbocycles. The van der Waals surface area contributed by atoms with E-state index in [0.717, 1.165) is 44.1 Å². The normalized spacial score (nSPS) is 18.1. The van der Waals surface area contributed by atoms with E-state index in [4.69, 9.17) is 0 Å². The molecule has 0 unspecified atom stereocenters. The number of fused-ring (bicyclic) bond motifs is 2. The van der Waals surface area contributed by atoms with Gasteiger partial charge in [0.05, 0.1) is 0 Å². The number of piperidine rings is 1. The maximum absolute atomic E-state index is 12.7. The molecule has 1 aromatic carbocycles. The van der Waals surface area contributed by atoms with Crippen LogP contribution in [0.2, 0.25) is 0 Å². The maximum Gasteiger partial charge on any atom is 0.323 e. The molecule has 1 fully saturated rings. The highest BCUT2D eigenvalue weighted by molar-refractivity contribution is 5.95. The van der Waals surface area contributed by atoms with Crippen LogP contribution in [0.3, 0.4) is 0 Å². The number of nitrogens with zero attached hydrogens (tertiary/aromatic N) is 5. The van der Waals surface area contributed by atoms with Crippen molar-refractivity contribution in [1.82, 2.24) is 14.9 Å². The van der Waals surface area contributed by atoms with E-state index < -0.39 is 0 Å². The predicted octanol–water partition coefficient (Wildman–Crippen LogP) is 2.82. The predicted molar refractivity (Wildman–Crippen MR) is 103 cm³/mol. The van der Waals surface area contributed by atoms with Crippen LogP contribution in [0.25, 0.3) is 0 Å². The van der Waals surface area contributed by atoms with Gasteiger partial charge < -0.3 is 9.80 Å². The third-order valence-electron chi connectivity index (χ3n) is 5.64. The number of aryl methyl sites for hydroxylation is 1. The minimum atomic E-state index is 0.0261. The van der Waals surface area contributed by atoms with Gasteiger partial charge in [-0.25, -0.2) is 14.8 Å². The summed E-state index contributed by atoms with van der Waals surface area (Å²) in [5, 5.41) is 0. The SMILES string of the molecule is Cc1ccc2c(c1)C1(CCN(c3ncccn3)CC1)CN2C(=O)N(C)C. The Morgan fingerprint density at radius 3 is 2.50 bits per heavy atom. The summed E-state index contributed by atoms with van der Waals surface area (Å²) in [5.74, 6) is 0.797. The Labute approximate surface area is 154 Å². The van der Waals surface area contributed by atoms with E-state index >= 15 is 0 Å². The zero-order chi connectivity index (χ0) is 18.3. The van der Waals surface area contributed by atoms with Crippen molar-refractivity contribution < 1.29 is 4.79 Å². The smallest absolute Gasteiger partial charge is 0.323 e. The Morgan fingerprint density at radius 2 is 1.85 bits per heavy atom. The summed E-state index contributed by atoms with van der Waals surface area (Å²) in [7, 11) is 3.63. The van der Waals surface area contributed by atoms with Gasteiger partial charge in [-0.05, 0) is 37.5 Å². The van der Waals surface area contributed by atoms with Crippen molar-refractivity contribution in [3.63, 3.8) is 0 Å². The number of hydrogen-bond donors (Lipinski definition) is 0. The van der Waals surface area contributed by atoms with E-state index in [1.54, 1.807) is 17.3 Å². The van der Waals surface area contributed by atoms with Crippen LogP contribution >= 0.6 is 0 Å². The van der Waals surface area contributed by atoms with Gasteiger partial charge in [0.2, 0.25) is 5.95 Å². The Bertz CT molecular complexity index is 812. The number of carbonyl (C=O) groups is 1. The molecule has 3 heterocycles. The Hall–Kier alpha value is -2.63. The fraction of sp³-hybridized carbons (Fsp3) is 0.450. The number of anilines is 2. The molecule has 2 amide bonds. The lowest BCUT2D eigenvalue weighted by molar-refractivity contribution is 0.221. The molecule has 4 rings (SSSR count). The molecule has 0 bridgehead atoms. The van der Waals surface area contributed by atoms with Crippen LogP contribution in [0.15, 0.2) is 36.7 Å². The van der Waals surface area contributed by atoms with Crippen LogP contribution in [0.4, 0.5) is 16.4 Å². The largest absolute Gasteiger partial charge is 0.341 e. The van der Waals surface area contributed by atoms with E-state index in [2.05, 4.69) is 40.0 Å². The fourth-order valence-corrected chi connectivity index (χ4v) is 4.21. The molecular weight excluding hydrogens is 326 g/mol. The van der Waals surface area contributed by atoms with Crippen molar-refractivity contribution in [2.75, 3.05) is 43.5 Å². The van der Waals surface area contributed by atoms with Crippen molar-refractivity contribution in [1.29, 1.82) is 0 Å². The number of benzene rings is 1. The molecule has 26 heavy (non-hydrogen) atoms. The van der Waals surface area contributed by atoms with E-state index in [1.165, 1.54) is 11.1 Å². The van der Waals surface area contributed by atoms with Crippen molar-refractivity contribution in [3.05, 3.63) is 47.8 Å². The first-order chi connectivity index (χ1) is 12.5. The Morgan fingerprint density at radius 1 is 1.15 bits per heavy atom. The van der Waals surface area contributed by atoms with Gasteiger partial charge in [0, 0.05) is 57.2 Å². The molecule has 1 aromatic heterocycles. The molecule has 2 aromatic rings. The van der Waals surface area contributed by atoms with Crippen molar-refractivity contribution in [2.45, 2.75) is 25.2 Å². The second-order valence-corrected chi connectivity index (χ2v) is 7.60. The molecular formula is C20H25N5O. The lowest BCUT2D eigenvalue weighted by Gasteiger charge is -2.40. The standard InChI is InChI=1S/C20H25N5O/c1-15-5-6-17-16(13-15)20(14-25(17)19(26)23(2)3)7-11-24(12-8-20)18-21-9-4-10-22-18/h4-6,9-10,13H,7-8,11-12,14H2,1-3H3. The first-order valence-corrected chi connectivity index (χ1v) is 9.12. The van der Waals surface area contributed by atoms with Crippen LogP contribution < -0.4 is 9.80 Å². The number of rotatable bonds is 1. The maximum atomic E-state index is 12.7. The molecule has 0 saturated carbocycles. The molecule has 0 radical (unpaired) electrons. The Balaban J connectivity index is 1.63.